The molecule has 1 aliphatic heterocycles. The van der Waals surface area contributed by atoms with Crippen LogP contribution in [0.2, 0.25) is 0 Å². The minimum Gasteiger partial charge on any atom is -0.481 e. The van der Waals surface area contributed by atoms with Crippen molar-refractivity contribution in [3.05, 3.63) is 36.5 Å². The van der Waals surface area contributed by atoms with E-state index in [1.165, 1.54) is 50.0 Å². The van der Waals surface area contributed by atoms with E-state index in [-0.39, 0.29) is 6.42 Å². The number of aliphatic carboxylic acids is 1. The van der Waals surface area contributed by atoms with Crippen LogP contribution < -0.4 is 0 Å². The Labute approximate surface area is 180 Å². The zero-order valence-electron chi connectivity index (χ0n) is 17.4. The van der Waals surface area contributed by atoms with Crippen LogP contribution in [-0.2, 0) is 4.79 Å². The van der Waals surface area contributed by atoms with Gasteiger partial charge in [-0.2, -0.15) is 0 Å². The first-order chi connectivity index (χ1) is 13.6. The first kappa shape index (κ1) is 25.4. The number of unbranched alkanes of at least 4 members (excludes halogenated alkanes) is 3. The summed E-state index contributed by atoms with van der Waals surface area (Å²) >= 11 is 4.26. The van der Waals surface area contributed by atoms with Gasteiger partial charge in [0.2, 0.25) is 0 Å². The van der Waals surface area contributed by atoms with Crippen LogP contribution in [0, 0.1) is 0 Å². The molecule has 3 nitrogen and oxygen atoms in total. The number of hydrogen-bond donors (Lipinski definition) is 2. The molecule has 2 N–H and O–H groups in total. The topological polar surface area (TPSA) is 57.5 Å². The molecule has 0 bridgehead atoms. The second-order valence-corrected chi connectivity index (χ2v) is 10.6. The molecule has 0 radical (unpaired) electrons. The SMILES string of the molecule is CCCCC/C=C\CC1(CC/C=C/C=C/[C@@H](O)CCCC(=O)O)SCCCS1. The Balaban J connectivity index is 2.32. The molecule has 0 unspecified atom stereocenters. The highest BCUT2D eigenvalue weighted by Crippen LogP contribution is 2.48. The van der Waals surface area contributed by atoms with E-state index in [0.717, 1.165) is 12.8 Å². The van der Waals surface area contributed by atoms with E-state index in [4.69, 9.17) is 5.11 Å². The predicted molar refractivity (Wildman–Crippen MR) is 125 cm³/mol. The minimum absolute atomic E-state index is 0.116. The van der Waals surface area contributed by atoms with Crippen molar-refractivity contribution in [2.45, 2.75) is 87.7 Å². The molecular formula is C23H38O3S2. The average Bonchev–Trinajstić information content (AvgIpc) is 2.68. The quantitative estimate of drug-likeness (QED) is 0.176. The number of rotatable bonds is 15. The molecule has 1 atom stereocenters. The number of aliphatic hydroxyl groups is 1. The monoisotopic (exact) mass is 426 g/mol. The molecule has 0 saturated carbocycles. The van der Waals surface area contributed by atoms with Crippen molar-refractivity contribution in [1.82, 2.24) is 0 Å². The van der Waals surface area contributed by atoms with Crippen molar-refractivity contribution >= 4 is 29.5 Å². The zero-order chi connectivity index (χ0) is 20.5. The van der Waals surface area contributed by atoms with Gasteiger partial charge in [-0.25, -0.2) is 0 Å². The highest BCUT2D eigenvalue weighted by molar-refractivity contribution is 8.18. The Kier molecular flexibility index (Phi) is 14.7. The molecule has 0 amide bonds. The summed E-state index contributed by atoms with van der Waals surface area (Å²) in [7, 11) is 0. The van der Waals surface area contributed by atoms with Crippen LogP contribution in [0.15, 0.2) is 36.5 Å². The third-order valence-corrected chi connectivity index (χ3v) is 8.24. The fraction of sp³-hybridized carbons (Fsp3) is 0.696. The summed E-state index contributed by atoms with van der Waals surface area (Å²) < 4.78 is 0.323. The first-order valence-electron chi connectivity index (χ1n) is 10.7. The molecule has 0 aromatic rings. The maximum Gasteiger partial charge on any atom is 0.303 e. The summed E-state index contributed by atoms with van der Waals surface area (Å²) in [6.07, 6.45) is 23.0. The molecular weight excluding hydrogens is 388 g/mol. The van der Waals surface area contributed by atoms with Gasteiger partial charge in [0.1, 0.15) is 0 Å². The Bertz CT molecular complexity index is 494. The smallest absolute Gasteiger partial charge is 0.303 e. The Morgan fingerprint density at radius 1 is 1.07 bits per heavy atom. The maximum absolute atomic E-state index is 10.5. The second kappa shape index (κ2) is 16.2. The standard InChI is InChI=1S/C23H38O3S2/c1-2-3-4-5-7-10-17-23(27-19-13-20-28-23)18-11-8-6-9-14-21(24)15-12-16-22(25)26/h6-10,14,21,24H,2-5,11-13,15-20H2,1H3,(H,25,26)/b8-6+,10-7-,14-9+/t21-/m1/s1. The van der Waals surface area contributed by atoms with E-state index in [1.807, 2.05) is 12.2 Å². The van der Waals surface area contributed by atoms with Crippen LogP contribution in [0.25, 0.3) is 0 Å². The van der Waals surface area contributed by atoms with Gasteiger partial charge in [0, 0.05) is 6.42 Å². The van der Waals surface area contributed by atoms with Crippen LogP contribution in [0.4, 0.5) is 0 Å². The lowest BCUT2D eigenvalue weighted by molar-refractivity contribution is -0.137. The van der Waals surface area contributed by atoms with Gasteiger partial charge in [-0.1, -0.05) is 56.2 Å². The molecule has 1 rings (SSSR count). The van der Waals surface area contributed by atoms with Crippen LogP contribution in [0.5, 0.6) is 0 Å². The Morgan fingerprint density at radius 3 is 2.57 bits per heavy atom. The fourth-order valence-corrected chi connectivity index (χ4v) is 6.39. The fourth-order valence-electron chi connectivity index (χ4n) is 3.10. The van der Waals surface area contributed by atoms with E-state index in [2.05, 4.69) is 48.7 Å². The van der Waals surface area contributed by atoms with Crippen molar-refractivity contribution in [1.29, 1.82) is 0 Å². The number of hydrogen-bond acceptors (Lipinski definition) is 4. The van der Waals surface area contributed by atoms with Crippen molar-refractivity contribution in [2.24, 2.45) is 0 Å². The van der Waals surface area contributed by atoms with E-state index in [1.54, 1.807) is 6.08 Å². The molecule has 1 heterocycles. The normalized spacial score (nSPS) is 18.4. The van der Waals surface area contributed by atoms with Crippen LogP contribution in [0.3, 0.4) is 0 Å². The van der Waals surface area contributed by atoms with Crippen molar-refractivity contribution in [3.8, 4) is 0 Å². The number of thioether (sulfide) groups is 2. The molecule has 5 heteroatoms. The minimum atomic E-state index is -0.806. The molecule has 160 valence electrons. The average molecular weight is 427 g/mol. The number of carboxylic acids is 1. The van der Waals surface area contributed by atoms with Gasteiger partial charge in [0.15, 0.2) is 0 Å². The van der Waals surface area contributed by atoms with Crippen molar-refractivity contribution < 1.29 is 15.0 Å². The lowest BCUT2D eigenvalue weighted by Gasteiger charge is -2.35. The molecule has 0 aromatic carbocycles. The summed E-state index contributed by atoms with van der Waals surface area (Å²) in [5, 5.41) is 18.4. The molecule has 28 heavy (non-hydrogen) atoms. The van der Waals surface area contributed by atoms with E-state index < -0.39 is 12.1 Å². The Morgan fingerprint density at radius 2 is 1.86 bits per heavy atom. The Hall–Kier alpha value is -0.650. The summed E-state index contributed by atoms with van der Waals surface area (Å²) in [5.74, 6) is 1.73. The largest absolute Gasteiger partial charge is 0.481 e. The number of carboxylic acid groups (broad SMARTS) is 1. The van der Waals surface area contributed by atoms with Crippen LogP contribution >= 0.6 is 23.5 Å². The third kappa shape index (κ3) is 12.7. The summed E-state index contributed by atoms with van der Waals surface area (Å²) in [6, 6.07) is 0. The highest BCUT2D eigenvalue weighted by Gasteiger charge is 2.31. The second-order valence-electron chi connectivity index (χ2n) is 7.34. The molecule has 0 aliphatic carbocycles. The van der Waals surface area contributed by atoms with Crippen molar-refractivity contribution in [2.75, 3.05) is 11.5 Å². The van der Waals surface area contributed by atoms with E-state index in [9.17, 15) is 9.90 Å². The highest BCUT2D eigenvalue weighted by atomic mass is 32.2. The summed E-state index contributed by atoms with van der Waals surface area (Å²) in [4.78, 5) is 10.5. The third-order valence-electron chi connectivity index (χ3n) is 4.75. The van der Waals surface area contributed by atoms with Gasteiger partial charge in [-0.05, 0) is 62.9 Å². The van der Waals surface area contributed by atoms with E-state index >= 15 is 0 Å². The predicted octanol–water partition coefficient (Wildman–Crippen LogP) is 6.59. The van der Waals surface area contributed by atoms with Gasteiger partial charge < -0.3 is 10.2 Å². The van der Waals surface area contributed by atoms with Crippen LogP contribution in [-0.4, -0.2) is 37.9 Å². The van der Waals surface area contributed by atoms with E-state index in [0.29, 0.717) is 16.9 Å². The van der Waals surface area contributed by atoms with Gasteiger partial charge in [0.05, 0.1) is 10.2 Å². The summed E-state index contributed by atoms with van der Waals surface area (Å²) in [5.41, 5.74) is 0. The molecule has 1 saturated heterocycles. The molecule has 0 aromatic heterocycles. The number of allylic oxidation sites excluding steroid dienone is 5. The van der Waals surface area contributed by atoms with Gasteiger partial charge >= 0.3 is 5.97 Å². The molecule has 1 aliphatic rings. The van der Waals surface area contributed by atoms with Gasteiger partial charge in [0.25, 0.3) is 0 Å². The van der Waals surface area contributed by atoms with Gasteiger partial charge in [-0.15, -0.1) is 23.5 Å². The van der Waals surface area contributed by atoms with Crippen LogP contribution in [0.1, 0.15) is 77.6 Å². The van der Waals surface area contributed by atoms with Gasteiger partial charge in [-0.3, -0.25) is 4.79 Å². The number of carbonyl (C=O) groups is 1. The lowest BCUT2D eigenvalue weighted by Crippen LogP contribution is -2.24. The maximum atomic E-state index is 10.5. The molecule has 1 fully saturated rings. The number of aliphatic hydroxyl groups excluding tert-OH is 1. The lowest BCUT2D eigenvalue weighted by atomic mass is 10.1. The molecule has 0 spiro atoms. The van der Waals surface area contributed by atoms with Crippen molar-refractivity contribution in [3.63, 3.8) is 0 Å². The zero-order valence-corrected chi connectivity index (χ0v) is 19.0. The first-order valence-corrected chi connectivity index (χ1v) is 12.7. The summed E-state index contributed by atoms with van der Waals surface area (Å²) in [6.45, 7) is 2.25.